The van der Waals surface area contributed by atoms with Crippen LogP contribution in [0.2, 0.25) is 0 Å². The van der Waals surface area contributed by atoms with Gasteiger partial charge in [0.05, 0.1) is 12.2 Å². The van der Waals surface area contributed by atoms with Gasteiger partial charge in [0.1, 0.15) is 11.8 Å². The van der Waals surface area contributed by atoms with E-state index in [1.54, 1.807) is 4.90 Å². The van der Waals surface area contributed by atoms with Crippen LogP contribution >= 0.6 is 0 Å². The van der Waals surface area contributed by atoms with Gasteiger partial charge in [-0.05, 0) is 6.07 Å². The number of aliphatic hydroxyl groups excluding tert-OH is 2. The molecule has 0 amide bonds. The molecule has 2 N–H and O–H groups in total. The van der Waals surface area contributed by atoms with Crippen molar-refractivity contribution in [3.8, 4) is 6.07 Å². The van der Waals surface area contributed by atoms with E-state index in [2.05, 4.69) is 9.97 Å². The maximum atomic E-state index is 9.34. The number of hydrogen-bond acceptors (Lipinski definition) is 6. The Morgan fingerprint density at radius 2 is 2.07 bits per heavy atom. The smallest absolute Gasteiger partial charge is 0.226 e. The Morgan fingerprint density at radius 3 is 2.67 bits per heavy atom. The topological polar surface area (TPSA) is 93.3 Å². The molecule has 0 aliphatic carbocycles. The van der Waals surface area contributed by atoms with E-state index >= 15 is 0 Å². The third-order valence-electron chi connectivity index (χ3n) is 2.30. The van der Waals surface area contributed by atoms with Crippen LogP contribution in [0.1, 0.15) is 5.69 Å². The molecule has 0 aromatic carbocycles. The van der Waals surface area contributed by atoms with Crippen LogP contribution in [0.5, 0.6) is 0 Å². The third kappa shape index (κ3) is 1.88. The molecule has 0 bridgehead atoms. The minimum absolute atomic E-state index is 0.274. The molecule has 2 heterocycles. The van der Waals surface area contributed by atoms with E-state index in [1.165, 1.54) is 12.3 Å². The molecule has 1 saturated heterocycles. The van der Waals surface area contributed by atoms with Gasteiger partial charge in [0.15, 0.2) is 0 Å². The zero-order chi connectivity index (χ0) is 10.8. The Hall–Kier alpha value is -1.71. The molecule has 6 nitrogen and oxygen atoms in total. The Kier molecular flexibility index (Phi) is 2.49. The van der Waals surface area contributed by atoms with Crippen molar-refractivity contribution in [3.05, 3.63) is 18.0 Å². The summed E-state index contributed by atoms with van der Waals surface area (Å²) < 4.78 is 0. The van der Waals surface area contributed by atoms with Crippen molar-refractivity contribution >= 4 is 5.95 Å². The van der Waals surface area contributed by atoms with Gasteiger partial charge in [-0.3, -0.25) is 0 Å². The maximum absolute atomic E-state index is 9.34. The van der Waals surface area contributed by atoms with Gasteiger partial charge in [-0.2, -0.15) is 5.26 Å². The van der Waals surface area contributed by atoms with Gasteiger partial charge < -0.3 is 15.1 Å². The summed E-state index contributed by atoms with van der Waals surface area (Å²) in [4.78, 5) is 9.60. The molecular formula is C9H10N4O2. The quantitative estimate of drug-likeness (QED) is 0.605. The third-order valence-corrected chi connectivity index (χ3v) is 2.30. The highest BCUT2D eigenvalue weighted by Crippen LogP contribution is 2.16. The minimum atomic E-state index is -0.778. The molecule has 6 heteroatoms. The van der Waals surface area contributed by atoms with E-state index in [0.717, 1.165) is 0 Å². The van der Waals surface area contributed by atoms with Crippen LogP contribution < -0.4 is 4.90 Å². The minimum Gasteiger partial charge on any atom is -0.388 e. The molecule has 1 aromatic rings. The summed E-state index contributed by atoms with van der Waals surface area (Å²) >= 11 is 0. The van der Waals surface area contributed by atoms with Crippen LogP contribution in [0.25, 0.3) is 0 Å². The largest absolute Gasteiger partial charge is 0.388 e. The number of aliphatic hydroxyl groups is 2. The van der Waals surface area contributed by atoms with Crippen LogP contribution in [0.15, 0.2) is 12.3 Å². The van der Waals surface area contributed by atoms with E-state index in [0.29, 0.717) is 5.95 Å². The van der Waals surface area contributed by atoms with Gasteiger partial charge in [0, 0.05) is 19.3 Å². The van der Waals surface area contributed by atoms with Gasteiger partial charge in [0.25, 0.3) is 0 Å². The van der Waals surface area contributed by atoms with Crippen LogP contribution in [-0.4, -0.2) is 45.5 Å². The van der Waals surface area contributed by atoms with Crippen molar-refractivity contribution in [2.75, 3.05) is 18.0 Å². The average Bonchev–Trinajstić information content (AvgIpc) is 2.59. The predicted octanol–water partition coefficient (Wildman–Crippen LogP) is -1.11. The molecular weight excluding hydrogens is 196 g/mol. The highest BCUT2D eigenvalue weighted by atomic mass is 16.3. The number of nitriles is 1. The molecule has 1 aliphatic heterocycles. The van der Waals surface area contributed by atoms with Gasteiger partial charge in [-0.1, -0.05) is 0 Å². The van der Waals surface area contributed by atoms with Crippen LogP contribution in [0, 0.1) is 11.3 Å². The number of β-amino-alcohol motifs (C(OH)–C–C–N with tert-alkyl or cyclic N) is 2. The molecule has 0 saturated carbocycles. The van der Waals surface area contributed by atoms with Crippen molar-refractivity contribution in [2.45, 2.75) is 12.2 Å². The zero-order valence-corrected chi connectivity index (χ0v) is 7.91. The number of nitrogens with zero attached hydrogens (tertiary/aromatic N) is 4. The Balaban J connectivity index is 2.21. The van der Waals surface area contributed by atoms with Crippen molar-refractivity contribution in [3.63, 3.8) is 0 Å². The van der Waals surface area contributed by atoms with Gasteiger partial charge in [-0.15, -0.1) is 0 Å². The first kappa shape index (κ1) is 9.83. The first-order valence-electron chi connectivity index (χ1n) is 4.55. The monoisotopic (exact) mass is 206 g/mol. The molecule has 1 fully saturated rings. The number of rotatable bonds is 1. The van der Waals surface area contributed by atoms with Crippen LogP contribution in [0.3, 0.4) is 0 Å². The Morgan fingerprint density at radius 1 is 1.40 bits per heavy atom. The van der Waals surface area contributed by atoms with E-state index in [-0.39, 0.29) is 18.8 Å². The summed E-state index contributed by atoms with van der Waals surface area (Å²) in [5, 5.41) is 27.3. The second-order valence-electron chi connectivity index (χ2n) is 3.39. The van der Waals surface area contributed by atoms with E-state index in [1.807, 2.05) is 6.07 Å². The Bertz CT molecular complexity index is 393. The normalized spacial score (nSPS) is 25.3. The lowest BCUT2D eigenvalue weighted by Gasteiger charge is -2.14. The second-order valence-corrected chi connectivity index (χ2v) is 3.39. The number of hydrogen-bond donors (Lipinski definition) is 2. The fourth-order valence-electron chi connectivity index (χ4n) is 1.50. The molecule has 2 unspecified atom stereocenters. The molecule has 15 heavy (non-hydrogen) atoms. The van der Waals surface area contributed by atoms with E-state index in [4.69, 9.17) is 5.26 Å². The molecule has 0 spiro atoms. The van der Waals surface area contributed by atoms with Crippen molar-refractivity contribution in [2.24, 2.45) is 0 Å². The second kappa shape index (κ2) is 3.81. The summed E-state index contributed by atoms with van der Waals surface area (Å²) in [6.45, 7) is 0.575. The number of anilines is 1. The van der Waals surface area contributed by atoms with Gasteiger partial charge in [-0.25, -0.2) is 9.97 Å². The van der Waals surface area contributed by atoms with Crippen molar-refractivity contribution in [1.29, 1.82) is 5.26 Å². The molecule has 78 valence electrons. The zero-order valence-electron chi connectivity index (χ0n) is 7.91. The standard InChI is InChI=1S/C9H10N4O2/c10-3-6-1-2-11-9(12-6)13-4-7(14)8(15)5-13/h1-2,7-8,14-15H,4-5H2. The summed E-state index contributed by atoms with van der Waals surface area (Å²) in [6.07, 6.45) is -0.0727. The first-order chi connectivity index (χ1) is 7.20. The average molecular weight is 206 g/mol. The summed E-state index contributed by atoms with van der Waals surface area (Å²) in [5.74, 6) is 0.365. The summed E-state index contributed by atoms with van der Waals surface area (Å²) in [7, 11) is 0. The fraction of sp³-hybridized carbons (Fsp3) is 0.444. The predicted molar refractivity (Wildman–Crippen MR) is 51.0 cm³/mol. The van der Waals surface area contributed by atoms with Crippen LogP contribution in [0.4, 0.5) is 5.95 Å². The van der Waals surface area contributed by atoms with E-state index < -0.39 is 12.2 Å². The number of aromatic nitrogens is 2. The molecule has 2 atom stereocenters. The summed E-state index contributed by atoms with van der Waals surface area (Å²) in [6, 6.07) is 3.42. The van der Waals surface area contributed by atoms with Crippen molar-refractivity contribution in [1.82, 2.24) is 9.97 Å². The highest BCUT2D eigenvalue weighted by Gasteiger charge is 2.30. The van der Waals surface area contributed by atoms with Crippen LogP contribution in [-0.2, 0) is 0 Å². The van der Waals surface area contributed by atoms with Gasteiger partial charge >= 0.3 is 0 Å². The Labute approximate surface area is 86.4 Å². The SMILES string of the molecule is N#Cc1ccnc(N2CC(O)C(O)C2)n1. The fourth-order valence-corrected chi connectivity index (χ4v) is 1.50. The lowest BCUT2D eigenvalue weighted by atomic mass is 10.3. The molecule has 0 radical (unpaired) electrons. The first-order valence-corrected chi connectivity index (χ1v) is 4.55. The summed E-state index contributed by atoms with van der Waals surface area (Å²) in [5.41, 5.74) is 0.274. The van der Waals surface area contributed by atoms with Crippen molar-refractivity contribution < 1.29 is 10.2 Å². The lowest BCUT2D eigenvalue weighted by Crippen LogP contribution is -2.23. The molecule has 1 aliphatic rings. The maximum Gasteiger partial charge on any atom is 0.226 e. The van der Waals surface area contributed by atoms with E-state index in [9.17, 15) is 10.2 Å². The molecule has 1 aromatic heterocycles. The lowest BCUT2D eigenvalue weighted by molar-refractivity contribution is 0.0572. The van der Waals surface area contributed by atoms with Gasteiger partial charge in [0.2, 0.25) is 5.95 Å². The molecule has 2 rings (SSSR count). The highest BCUT2D eigenvalue weighted by molar-refractivity contribution is 5.35.